The molecule has 0 aliphatic rings. The Morgan fingerprint density at radius 2 is 2.14 bits per heavy atom. The molecule has 2 aromatic rings. The number of rotatable bonds is 6. The Kier molecular flexibility index (Phi) is 4.59. The molecule has 2 N–H and O–H groups in total. The lowest BCUT2D eigenvalue weighted by molar-refractivity contribution is -0.138. The Bertz CT molecular complexity index is 660. The number of hydrogen-bond acceptors (Lipinski definition) is 7. The molecule has 0 aliphatic carbocycles. The Morgan fingerprint density at radius 1 is 1.48 bits per heavy atom. The van der Waals surface area contributed by atoms with E-state index in [9.17, 15) is 9.70 Å². The summed E-state index contributed by atoms with van der Waals surface area (Å²) in [5.41, 5.74) is 1.70. The molecule has 0 amide bonds. The molecular weight excluding hydrogens is 310 g/mol. The summed E-state index contributed by atoms with van der Waals surface area (Å²) in [6, 6.07) is 9.55. The van der Waals surface area contributed by atoms with Crippen molar-refractivity contribution in [2.24, 2.45) is 5.18 Å². The largest absolute Gasteiger partial charge is 0.479 e. The van der Waals surface area contributed by atoms with Gasteiger partial charge in [-0.05, 0) is 6.92 Å². The number of thiol groups is 1. The van der Waals surface area contributed by atoms with Gasteiger partial charge in [-0.25, -0.2) is 9.78 Å². The number of nitroso groups, excluding NO2 is 1. The van der Waals surface area contributed by atoms with Gasteiger partial charge in [0.15, 0.2) is 5.13 Å². The number of nitrogens with zero attached hydrogens (tertiary/aromatic N) is 2. The minimum Gasteiger partial charge on any atom is -0.479 e. The highest BCUT2D eigenvalue weighted by molar-refractivity contribution is 7.83. The fourth-order valence-corrected chi connectivity index (χ4v) is 2.90. The third kappa shape index (κ3) is 3.40. The van der Waals surface area contributed by atoms with Crippen molar-refractivity contribution in [1.82, 2.24) is 4.98 Å². The van der Waals surface area contributed by atoms with E-state index in [-0.39, 0.29) is 0 Å². The van der Waals surface area contributed by atoms with E-state index in [1.807, 2.05) is 37.3 Å². The topological polar surface area (TPSA) is 91.7 Å². The first-order chi connectivity index (χ1) is 9.96. The average molecular weight is 323 g/mol. The first kappa shape index (κ1) is 15.5. The molecule has 0 aliphatic heterocycles. The highest BCUT2D eigenvalue weighted by Gasteiger charge is 2.36. The Labute approximate surface area is 130 Å². The monoisotopic (exact) mass is 323 g/mol. The zero-order valence-corrected chi connectivity index (χ0v) is 12.8. The molecule has 0 radical (unpaired) electrons. The van der Waals surface area contributed by atoms with Crippen molar-refractivity contribution < 1.29 is 9.90 Å². The van der Waals surface area contributed by atoms with E-state index in [1.54, 1.807) is 0 Å². The number of aryl methyl sites for hydroxylation is 1. The molecule has 1 atom stereocenters. The molecule has 0 bridgehead atoms. The van der Waals surface area contributed by atoms with Gasteiger partial charge in [0.1, 0.15) is 6.54 Å². The molecule has 21 heavy (non-hydrogen) atoms. The van der Waals surface area contributed by atoms with Gasteiger partial charge in [0.05, 0.1) is 5.69 Å². The lowest BCUT2D eigenvalue weighted by atomic mass is 10.1. The molecule has 6 nitrogen and oxygen atoms in total. The normalized spacial score (nSPS) is 13.4. The maximum atomic E-state index is 11.2. The number of carboxylic acids is 1. The SMILES string of the molecule is Cc1sc(NC(S)(CN=O)C(=O)O)nc1-c1ccccc1. The summed E-state index contributed by atoms with van der Waals surface area (Å²) >= 11 is 5.30. The van der Waals surface area contributed by atoms with Gasteiger partial charge < -0.3 is 10.4 Å². The summed E-state index contributed by atoms with van der Waals surface area (Å²) < 4.78 is 0. The van der Waals surface area contributed by atoms with Gasteiger partial charge in [-0.15, -0.1) is 24.0 Å². The van der Waals surface area contributed by atoms with E-state index >= 15 is 0 Å². The maximum Gasteiger partial charge on any atom is 0.341 e. The van der Waals surface area contributed by atoms with Crippen LogP contribution in [0.1, 0.15) is 4.88 Å². The molecule has 0 saturated heterocycles. The van der Waals surface area contributed by atoms with Crippen LogP contribution in [-0.4, -0.2) is 27.5 Å². The summed E-state index contributed by atoms with van der Waals surface area (Å²) in [6.45, 7) is 1.38. The number of nitrogens with one attached hydrogen (secondary N) is 1. The lowest BCUT2D eigenvalue weighted by Crippen LogP contribution is -2.43. The number of carbonyl (C=O) groups is 1. The van der Waals surface area contributed by atoms with Crippen molar-refractivity contribution in [2.75, 3.05) is 11.9 Å². The highest BCUT2D eigenvalue weighted by Crippen LogP contribution is 2.32. The summed E-state index contributed by atoms with van der Waals surface area (Å²) in [5, 5.41) is 14.8. The Morgan fingerprint density at radius 3 is 2.71 bits per heavy atom. The number of aromatic nitrogens is 1. The highest BCUT2D eigenvalue weighted by atomic mass is 32.1. The van der Waals surface area contributed by atoms with E-state index in [4.69, 9.17) is 5.11 Å². The van der Waals surface area contributed by atoms with Crippen LogP contribution >= 0.6 is 24.0 Å². The zero-order valence-electron chi connectivity index (χ0n) is 11.1. The standard InChI is InChI=1S/C13H13N3O3S2/c1-8-10(9-5-3-2-4-6-9)15-12(21-8)16-13(20,7-14-19)11(17)18/h2-6,20H,7H2,1H3,(H,15,16)(H,17,18). The van der Waals surface area contributed by atoms with Gasteiger partial charge in [-0.2, -0.15) is 4.91 Å². The maximum absolute atomic E-state index is 11.2. The molecule has 0 fully saturated rings. The molecular formula is C13H13N3O3S2. The van der Waals surface area contributed by atoms with Crippen LogP contribution in [0.25, 0.3) is 11.3 Å². The molecule has 110 valence electrons. The van der Waals surface area contributed by atoms with Crippen LogP contribution in [0.2, 0.25) is 0 Å². The van der Waals surface area contributed by atoms with E-state index in [2.05, 4.69) is 28.1 Å². The van der Waals surface area contributed by atoms with Gasteiger partial charge in [0.2, 0.25) is 4.87 Å². The number of aliphatic carboxylic acids is 1. The van der Waals surface area contributed by atoms with Crippen molar-refractivity contribution >= 4 is 35.1 Å². The number of thiazole rings is 1. The third-order valence-corrected chi connectivity index (χ3v) is 4.14. The number of hydrogen-bond donors (Lipinski definition) is 3. The van der Waals surface area contributed by atoms with E-state index in [0.29, 0.717) is 5.13 Å². The molecule has 1 heterocycles. The van der Waals surface area contributed by atoms with E-state index in [1.165, 1.54) is 11.3 Å². The van der Waals surface area contributed by atoms with Crippen LogP contribution in [0, 0.1) is 11.8 Å². The van der Waals surface area contributed by atoms with E-state index < -0.39 is 17.4 Å². The second kappa shape index (κ2) is 6.23. The molecule has 8 heteroatoms. The fraction of sp³-hybridized carbons (Fsp3) is 0.231. The molecule has 1 unspecified atom stereocenters. The lowest BCUT2D eigenvalue weighted by Gasteiger charge is -2.21. The summed E-state index contributed by atoms with van der Waals surface area (Å²) in [7, 11) is 0. The smallest absolute Gasteiger partial charge is 0.341 e. The number of carboxylic acid groups (broad SMARTS) is 1. The van der Waals surface area contributed by atoms with Crippen LogP contribution in [0.3, 0.4) is 0 Å². The summed E-state index contributed by atoms with van der Waals surface area (Å²) in [4.78, 5) is 25.2. The van der Waals surface area contributed by atoms with Gasteiger partial charge >= 0.3 is 5.97 Å². The summed E-state index contributed by atoms with van der Waals surface area (Å²) in [6.07, 6.45) is 0. The van der Waals surface area contributed by atoms with Crippen molar-refractivity contribution in [1.29, 1.82) is 0 Å². The minimum atomic E-state index is -1.76. The predicted octanol–water partition coefficient (Wildman–Crippen LogP) is 3.01. The van der Waals surface area contributed by atoms with Crippen LogP contribution < -0.4 is 5.32 Å². The average Bonchev–Trinajstić information content (AvgIpc) is 2.80. The van der Waals surface area contributed by atoms with Gasteiger partial charge in [-0.1, -0.05) is 35.5 Å². The van der Waals surface area contributed by atoms with Crippen LogP contribution in [0.5, 0.6) is 0 Å². The zero-order chi connectivity index (χ0) is 15.5. The minimum absolute atomic E-state index is 0.382. The fourth-order valence-electron chi connectivity index (χ4n) is 1.74. The van der Waals surface area contributed by atoms with Crippen molar-refractivity contribution in [3.05, 3.63) is 40.1 Å². The number of anilines is 1. The Balaban J connectivity index is 2.31. The van der Waals surface area contributed by atoms with Crippen molar-refractivity contribution in [3.8, 4) is 11.3 Å². The molecule has 1 aromatic carbocycles. The van der Waals surface area contributed by atoms with Crippen molar-refractivity contribution in [2.45, 2.75) is 11.8 Å². The van der Waals surface area contributed by atoms with Crippen LogP contribution in [0.4, 0.5) is 5.13 Å². The first-order valence-corrected chi connectivity index (χ1v) is 7.28. The first-order valence-electron chi connectivity index (χ1n) is 6.02. The van der Waals surface area contributed by atoms with Crippen LogP contribution in [-0.2, 0) is 4.79 Å². The second-order valence-corrected chi connectivity index (χ2v) is 6.33. The molecule has 1 aromatic heterocycles. The van der Waals surface area contributed by atoms with Gasteiger partial charge in [-0.3, -0.25) is 0 Å². The summed E-state index contributed by atoms with van der Waals surface area (Å²) in [5.74, 6) is -1.28. The van der Waals surface area contributed by atoms with E-state index in [0.717, 1.165) is 16.1 Å². The quantitative estimate of drug-likeness (QED) is 0.432. The molecule has 0 saturated carbocycles. The Hall–Kier alpha value is -1.93. The van der Waals surface area contributed by atoms with Gasteiger partial charge in [0.25, 0.3) is 0 Å². The van der Waals surface area contributed by atoms with Crippen LogP contribution in [0.15, 0.2) is 35.5 Å². The van der Waals surface area contributed by atoms with Gasteiger partial charge in [0, 0.05) is 10.4 Å². The molecule has 0 spiro atoms. The predicted molar refractivity (Wildman–Crippen MR) is 85.9 cm³/mol. The third-order valence-electron chi connectivity index (χ3n) is 2.80. The number of benzene rings is 1. The van der Waals surface area contributed by atoms with Crippen molar-refractivity contribution in [3.63, 3.8) is 0 Å². The molecule has 2 rings (SSSR count). The second-order valence-electron chi connectivity index (χ2n) is 4.37.